The van der Waals surface area contributed by atoms with Gasteiger partial charge in [-0.3, -0.25) is 4.79 Å². The van der Waals surface area contributed by atoms with Gasteiger partial charge in [0.15, 0.2) is 0 Å². The molecular formula is C11H16O4. The Morgan fingerprint density at radius 3 is 2.40 bits per heavy atom. The molecule has 1 aliphatic rings. The molecule has 0 aromatic rings. The van der Waals surface area contributed by atoms with Gasteiger partial charge in [0.2, 0.25) is 0 Å². The van der Waals surface area contributed by atoms with E-state index in [-0.39, 0.29) is 25.2 Å². The summed E-state index contributed by atoms with van der Waals surface area (Å²) in [5.74, 6) is -0.600. The molecule has 0 spiro atoms. The Labute approximate surface area is 89.2 Å². The quantitative estimate of drug-likeness (QED) is 0.452. The van der Waals surface area contributed by atoms with E-state index < -0.39 is 0 Å². The van der Waals surface area contributed by atoms with Crippen molar-refractivity contribution in [3.05, 3.63) is 12.2 Å². The van der Waals surface area contributed by atoms with Gasteiger partial charge in [-0.15, -0.1) is 0 Å². The van der Waals surface area contributed by atoms with Crippen molar-refractivity contribution in [2.24, 2.45) is 0 Å². The van der Waals surface area contributed by atoms with E-state index in [1.54, 1.807) is 0 Å². The van der Waals surface area contributed by atoms with Crippen molar-refractivity contribution in [2.45, 2.75) is 32.1 Å². The van der Waals surface area contributed by atoms with Crippen molar-refractivity contribution < 1.29 is 19.1 Å². The van der Waals surface area contributed by atoms with Crippen LogP contribution in [0.5, 0.6) is 0 Å². The largest absolute Gasteiger partial charge is 0.462 e. The van der Waals surface area contributed by atoms with Gasteiger partial charge in [-0.1, -0.05) is 13.0 Å². The van der Waals surface area contributed by atoms with E-state index in [2.05, 4.69) is 6.58 Å². The Balaban J connectivity index is 2.40. The first-order valence-corrected chi connectivity index (χ1v) is 5.20. The molecule has 0 radical (unpaired) electrons. The summed E-state index contributed by atoms with van der Waals surface area (Å²) in [6.07, 6.45) is 3.66. The number of carbonyl (C=O) groups excluding carboxylic acids is 2. The third-order valence-electron chi connectivity index (χ3n) is 2.23. The fourth-order valence-electron chi connectivity index (χ4n) is 1.35. The first-order chi connectivity index (χ1) is 7.20. The standard InChI is InChI=1S/C11H16O4/c1-9-5-3-2-4-6-10(12)14-7-8-15-11(9)13/h1-8H2. The lowest BCUT2D eigenvalue weighted by Crippen LogP contribution is -2.15. The molecule has 0 aliphatic carbocycles. The molecule has 15 heavy (non-hydrogen) atoms. The summed E-state index contributed by atoms with van der Waals surface area (Å²) in [4.78, 5) is 22.3. The molecule has 4 nitrogen and oxygen atoms in total. The maximum absolute atomic E-state index is 11.2. The third kappa shape index (κ3) is 4.63. The maximum Gasteiger partial charge on any atom is 0.333 e. The van der Waals surface area contributed by atoms with Gasteiger partial charge in [0.25, 0.3) is 0 Å². The molecule has 84 valence electrons. The molecule has 0 aromatic carbocycles. The molecule has 1 saturated heterocycles. The van der Waals surface area contributed by atoms with E-state index in [1.807, 2.05) is 0 Å². The molecule has 0 saturated carbocycles. The van der Waals surface area contributed by atoms with Gasteiger partial charge in [0.1, 0.15) is 13.2 Å². The highest BCUT2D eigenvalue weighted by molar-refractivity contribution is 5.87. The zero-order valence-corrected chi connectivity index (χ0v) is 8.79. The summed E-state index contributed by atoms with van der Waals surface area (Å²) in [6.45, 7) is 3.91. The number of carbonyl (C=O) groups is 2. The average molecular weight is 212 g/mol. The van der Waals surface area contributed by atoms with E-state index in [4.69, 9.17) is 9.47 Å². The van der Waals surface area contributed by atoms with Crippen LogP contribution in [0.1, 0.15) is 32.1 Å². The van der Waals surface area contributed by atoms with Crippen molar-refractivity contribution in [2.75, 3.05) is 13.2 Å². The summed E-state index contributed by atoms with van der Waals surface area (Å²) >= 11 is 0. The Hall–Kier alpha value is -1.32. The smallest absolute Gasteiger partial charge is 0.333 e. The minimum atomic E-state index is -0.383. The highest BCUT2D eigenvalue weighted by Crippen LogP contribution is 2.11. The molecule has 1 fully saturated rings. The fourth-order valence-corrected chi connectivity index (χ4v) is 1.35. The molecule has 0 amide bonds. The lowest BCUT2D eigenvalue weighted by molar-refractivity contribution is -0.150. The SMILES string of the molecule is C=C1CCCCCC(=O)OCCOC1=O. The zero-order valence-electron chi connectivity index (χ0n) is 8.79. The minimum absolute atomic E-state index is 0.115. The van der Waals surface area contributed by atoms with Gasteiger partial charge in [0.05, 0.1) is 0 Å². The zero-order chi connectivity index (χ0) is 11.1. The predicted molar refractivity (Wildman–Crippen MR) is 54.1 cm³/mol. The molecule has 1 rings (SSSR count). The van der Waals surface area contributed by atoms with Gasteiger partial charge >= 0.3 is 11.9 Å². The summed E-state index contributed by atoms with van der Waals surface area (Å²) in [5, 5.41) is 0. The summed E-state index contributed by atoms with van der Waals surface area (Å²) in [5.41, 5.74) is 0.502. The second-order valence-corrected chi connectivity index (χ2v) is 3.52. The molecular weight excluding hydrogens is 196 g/mol. The Kier molecular flexibility index (Phi) is 4.87. The summed E-state index contributed by atoms with van der Waals surface area (Å²) in [6, 6.07) is 0. The third-order valence-corrected chi connectivity index (χ3v) is 2.23. The van der Waals surface area contributed by atoms with Crippen molar-refractivity contribution in [1.29, 1.82) is 0 Å². The number of hydrogen-bond acceptors (Lipinski definition) is 4. The van der Waals surface area contributed by atoms with Gasteiger partial charge in [-0.05, 0) is 19.3 Å². The first-order valence-electron chi connectivity index (χ1n) is 5.20. The van der Waals surface area contributed by atoms with Crippen LogP contribution in [0.3, 0.4) is 0 Å². The van der Waals surface area contributed by atoms with E-state index in [0.717, 1.165) is 19.3 Å². The van der Waals surface area contributed by atoms with Gasteiger partial charge in [-0.2, -0.15) is 0 Å². The van der Waals surface area contributed by atoms with Crippen LogP contribution >= 0.6 is 0 Å². The topological polar surface area (TPSA) is 52.6 Å². The van der Waals surface area contributed by atoms with E-state index in [9.17, 15) is 9.59 Å². The molecule has 0 aromatic heterocycles. The van der Waals surface area contributed by atoms with Crippen LogP contribution in [0.25, 0.3) is 0 Å². The molecule has 0 unspecified atom stereocenters. The Morgan fingerprint density at radius 2 is 1.60 bits per heavy atom. The number of cyclic esters (lactones) is 2. The van der Waals surface area contributed by atoms with Crippen LogP contribution in [0, 0.1) is 0 Å². The monoisotopic (exact) mass is 212 g/mol. The van der Waals surface area contributed by atoms with Crippen LogP contribution in [0.2, 0.25) is 0 Å². The van der Waals surface area contributed by atoms with Crippen LogP contribution in [0.15, 0.2) is 12.2 Å². The number of ether oxygens (including phenoxy) is 2. The highest BCUT2D eigenvalue weighted by Gasteiger charge is 2.10. The van der Waals surface area contributed by atoms with Crippen LogP contribution < -0.4 is 0 Å². The maximum atomic E-state index is 11.2. The van der Waals surface area contributed by atoms with Crippen LogP contribution in [0.4, 0.5) is 0 Å². The second-order valence-electron chi connectivity index (χ2n) is 3.52. The summed E-state index contributed by atoms with van der Waals surface area (Å²) < 4.78 is 9.71. The van der Waals surface area contributed by atoms with Crippen molar-refractivity contribution in [1.82, 2.24) is 0 Å². The molecule has 0 atom stereocenters. The highest BCUT2D eigenvalue weighted by atomic mass is 16.6. The Bertz CT molecular complexity index is 257. The van der Waals surface area contributed by atoms with Crippen LogP contribution in [-0.2, 0) is 19.1 Å². The second kappa shape index (κ2) is 6.22. The Morgan fingerprint density at radius 1 is 0.933 bits per heavy atom. The van der Waals surface area contributed by atoms with Crippen LogP contribution in [-0.4, -0.2) is 25.2 Å². The lowest BCUT2D eigenvalue weighted by atomic mass is 10.1. The average Bonchev–Trinajstić information content (AvgIpc) is 2.21. The van der Waals surface area contributed by atoms with Crippen molar-refractivity contribution in [3.63, 3.8) is 0 Å². The van der Waals surface area contributed by atoms with Crippen molar-refractivity contribution in [3.8, 4) is 0 Å². The van der Waals surface area contributed by atoms with E-state index >= 15 is 0 Å². The van der Waals surface area contributed by atoms with E-state index in [1.165, 1.54) is 0 Å². The van der Waals surface area contributed by atoms with Gasteiger partial charge < -0.3 is 9.47 Å². The van der Waals surface area contributed by atoms with Gasteiger partial charge in [-0.25, -0.2) is 4.79 Å². The molecule has 1 heterocycles. The van der Waals surface area contributed by atoms with Crippen molar-refractivity contribution >= 4 is 11.9 Å². The fraction of sp³-hybridized carbons (Fsp3) is 0.636. The molecule has 0 bridgehead atoms. The molecule has 0 N–H and O–H groups in total. The normalized spacial score (nSPS) is 20.9. The predicted octanol–water partition coefficient (Wildman–Crippen LogP) is 1.59. The summed E-state index contributed by atoms with van der Waals surface area (Å²) in [7, 11) is 0. The lowest BCUT2D eigenvalue weighted by Gasteiger charge is -2.09. The number of esters is 2. The number of hydrogen-bond donors (Lipinski definition) is 0. The van der Waals surface area contributed by atoms with Gasteiger partial charge in [0, 0.05) is 12.0 Å². The molecule has 4 heteroatoms. The number of rotatable bonds is 0. The van der Waals surface area contributed by atoms with E-state index in [0.29, 0.717) is 18.4 Å². The molecule has 1 aliphatic heterocycles. The minimum Gasteiger partial charge on any atom is -0.462 e. The first kappa shape index (κ1) is 11.8.